The minimum Gasteiger partial charge on any atom is -0.314 e. The molecule has 0 amide bonds. The summed E-state index contributed by atoms with van der Waals surface area (Å²) in [4.78, 5) is 0. The molecule has 1 unspecified atom stereocenters. The Hall–Kier alpha value is 0.180. The molecule has 0 aromatic heterocycles. The van der Waals surface area contributed by atoms with Crippen LogP contribution in [0.3, 0.4) is 0 Å². The SMILES string of the molecule is CSCCC(C)N(C)S(=O)(=O)N(C)CCCNC1CC1. The van der Waals surface area contributed by atoms with Crippen LogP contribution in [0.5, 0.6) is 0 Å². The molecule has 1 aliphatic carbocycles. The van der Waals surface area contributed by atoms with Gasteiger partial charge in [-0.05, 0) is 51.2 Å². The van der Waals surface area contributed by atoms with Gasteiger partial charge in [-0.25, -0.2) is 0 Å². The zero-order valence-corrected chi connectivity index (χ0v) is 14.8. The molecule has 1 saturated carbocycles. The summed E-state index contributed by atoms with van der Waals surface area (Å²) in [6.45, 7) is 3.44. The maximum Gasteiger partial charge on any atom is 0.281 e. The topological polar surface area (TPSA) is 52.7 Å². The average molecular weight is 324 g/mol. The third-order valence-corrected chi connectivity index (χ3v) is 6.48. The molecule has 7 heteroatoms. The molecule has 120 valence electrons. The Morgan fingerprint density at radius 1 is 1.35 bits per heavy atom. The summed E-state index contributed by atoms with van der Waals surface area (Å²) in [6, 6.07) is 0.727. The van der Waals surface area contributed by atoms with E-state index in [1.807, 2.05) is 13.2 Å². The van der Waals surface area contributed by atoms with Crippen LogP contribution in [0.15, 0.2) is 0 Å². The fourth-order valence-electron chi connectivity index (χ4n) is 1.93. The number of hydrogen-bond acceptors (Lipinski definition) is 4. The van der Waals surface area contributed by atoms with Gasteiger partial charge in [-0.15, -0.1) is 0 Å². The van der Waals surface area contributed by atoms with Crippen LogP contribution in [0.2, 0.25) is 0 Å². The van der Waals surface area contributed by atoms with Gasteiger partial charge in [0.15, 0.2) is 0 Å². The van der Waals surface area contributed by atoms with E-state index in [1.54, 1.807) is 25.9 Å². The molecule has 0 aliphatic heterocycles. The van der Waals surface area contributed by atoms with Crippen LogP contribution in [0.4, 0.5) is 0 Å². The van der Waals surface area contributed by atoms with Crippen LogP contribution >= 0.6 is 11.8 Å². The van der Waals surface area contributed by atoms with Crippen molar-refractivity contribution in [3.05, 3.63) is 0 Å². The smallest absolute Gasteiger partial charge is 0.281 e. The summed E-state index contributed by atoms with van der Waals surface area (Å²) < 4.78 is 27.8. The average Bonchev–Trinajstić information content (AvgIpc) is 3.23. The number of thioether (sulfide) groups is 1. The summed E-state index contributed by atoms with van der Waals surface area (Å²) in [7, 11) is 0.0266. The van der Waals surface area contributed by atoms with Gasteiger partial charge in [0.05, 0.1) is 0 Å². The Labute approximate surface area is 128 Å². The fourth-order valence-corrected chi connectivity index (χ4v) is 3.86. The molecule has 5 nitrogen and oxygen atoms in total. The first-order chi connectivity index (χ1) is 9.39. The van der Waals surface area contributed by atoms with Gasteiger partial charge < -0.3 is 5.32 Å². The number of rotatable bonds is 11. The lowest BCUT2D eigenvalue weighted by Gasteiger charge is -2.29. The molecule has 0 aromatic carbocycles. The van der Waals surface area contributed by atoms with E-state index in [-0.39, 0.29) is 6.04 Å². The Balaban J connectivity index is 2.35. The van der Waals surface area contributed by atoms with Gasteiger partial charge in [0, 0.05) is 32.7 Å². The van der Waals surface area contributed by atoms with Crippen LogP contribution in [-0.2, 0) is 10.2 Å². The van der Waals surface area contributed by atoms with Crippen molar-refractivity contribution in [1.29, 1.82) is 0 Å². The molecule has 0 radical (unpaired) electrons. The normalized spacial score (nSPS) is 17.9. The van der Waals surface area contributed by atoms with E-state index in [9.17, 15) is 8.42 Å². The van der Waals surface area contributed by atoms with Crippen LogP contribution in [0.25, 0.3) is 0 Å². The van der Waals surface area contributed by atoms with Crippen molar-refractivity contribution in [1.82, 2.24) is 13.9 Å². The summed E-state index contributed by atoms with van der Waals surface area (Å²) in [6.07, 6.45) is 6.32. The fraction of sp³-hybridized carbons (Fsp3) is 1.00. The van der Waals surface area contributed by atoms with Crippen molar-refractivity contribution in [3.8, 4) is 0 Å². The predicted octanol–water partition coefficient (Wildman–Crippen LogP) is 1.38. The lowest BCUT2D eigenvalue weighted by molar-refractivity contribution is 0.338. The molecule has 0 bridgehead atoms. The third kappa shape index (κ3) is 5.89. The van der Waals surface area contributed by atoms with Gasteiger partial charge >= 0.3 is 0 Å². The maximum atomic E-state index is 12.4. The zero-order valence-electron chi connectivity index (χ0n) is 13.1. The first-order valence-electron chi connectivity index (χ1n) is 7.31. The first-order valence-corrected chi connectivity index (χ1v) is 10.1. The predicted molar refractivity (Wildman–Crippen MR) is 87.4 cm³/mol. The molecule has 0 heterocycles. The highest BCUT2D eigenvalue weighted by Crippen LogP contribution is 2.18. The highest BCUT2D eigenvalue weighted by Gasteiger charge is 2.27. The monoisotopic (exact) mass is 323 g/mol. The van der Waals surface area contributed by atoms with Crippen molar-refractivity contribution in [3.63, 3.8) is 0 Å². The van der Waals surface area contributed by atoms with Crippen molar-refractivity contribution < 1.29 is 8.42 Å². The van der Waals surface area contributed by atoms with Crippen LogP contribution in [0.1, 0.15) is 32.6 Å². The van der Waals surface area contributed by atoms with Crippen molar-refractivity contribution in [2.45, 2.75) is 44.7 Å². The van der Waals surface area contributed by atoms with Crippen LogP contribution in [0, 0.1) is 0 Å². The summed E-state index contributed by atoms with van der Waals surface area (Å²) in [5, 5.41) is 3.41. The molecule has 1 rings (SSSR count). The second-order valence-electron chi connectivity index (χ2n) is 5.56. The van der Waals surface area contributed by atoms with E-state index in [1.165, 1.54) is 21.5 Å². The van der Waals surface area contributed by atoms with E-state index < -0.39 is 10.2 Å². The molecule has 0 spiro atoms. The molecule has 1 N–H and O–H groups in total. The first kappa shape index (κ1) is 18.2. The lowest BCUT2D eigenvalue weighted by atomic mass is 10.3. The minimum atomic E-state index is -3.32. The van der Waals surface area contributed by atoms with Crippen molar-refractivity contribution >= 4 is 22.0 Å². The number of hydrogen-bond donors (Lipinski definition) is 1. The maximum absolute atomic E-state index is 12.4. The Kier molecular flexibility index (Phi) is 7.82. The van der Waals surface area contributed by atoms with Crippen molar-refractivity contribution in [2.24, 2.45) is 0 Å². The quantitative estimate of drug-likeness (QED) is 0.584. The molecular formula is C13H29N3O2S2. The second kappa shape index (κ2) is 8.58. The Morgan fingerprint density at radius 3 is 2.55 bits per heavy atom. The van der Waals surface area contributed by atoms with E-state index in [4.69, 9.17) is 0 Å². The molecule has 1 fully saturated rings. The number of nitrogens with zero attached hydrogens (tertiary/aromatic N) is 2. The van der Waals surface area contributed by atoms with Crippen LogP contribution < -0.4 is 5.32 Å². The standard InChI is InChI=1S/C13H29N3O2S2/c1-12(8-11-19-4)16(3)20(17,18)15(2)10-5-9-14-13-6-7-13/h12-14H,5-11H2,1-4H3. The van der Waals surface area contributed by atoms with Gasteiger partial charge in [-0.1, -0.05) is 0 Å². The highest BCUT2D eigenvalue weighted by atomic mass is 32.2. The third-order valence-electron chi connectivity index (χ3n) is 3.78. The molecule has 1 atom stereocenters. The Morgan fingerprint density at radius 2 is 2.00 bits per heavy atom. The molecular weight excluding hydrogens is 294 g/mol. The van der Waals surface area contributed by atoms with E-state index in [0.717, 1.165) is 25.1 Å². The highest BCUT2D eigenvalue weighted by molar-refractivity contribution is 7.98. The second-order valence-corrected chi connectivity index (χ2v) is 8.64. The minimum absolute atomic E-state index is 0.0412. The van der Waals surface area contributed by atoms with Gasteiger partial charge in [0.1, 0.15) is 0 Å². The Bertz CT molecular complexity index is 372. The largest absolute Gasteiger partial charge is 0.314 e. The number of nitrogens with one attached hydrogen (secondary N) is 1. The van der Waals surface area contributed by atoms with Crippen LogP contribution in [-0.4, -0.2) is 68.3 Å². The van der Waals surface area contributed by atoms with E-state index in [2.05, 4.69) is 5.32 Å². The summed E-state index contributed by atoms with van der Waals surface area (Å²) in [5.41, 5.74) is 0. The summed E-state index contributed by atoms with van der Waals surface area (Å²) in [5.74, 6) is 0.982. The van der Waals surface area contributed by atoms with E-state index in [0.29, 0.717) is 12.6 Å². The molecule has 20 heavy (non-hydrogen) atoms. The molecule has 0 aromatic rings. The lowest BCUT2D eigenvalue weighted by Crippen LogP contribution is -2.44. The zero-order chi connectivity index (χ0) is 15.2. The van der Waals surface area contributed by atoms with Gasteiger partial charge in [0.2, 0.25) is 0 Å². The van der Waals surface area contributed by atoms with Gasteiger partial charge in [-0.3, -0.25) is 0 Å². The molecule has 1 aliphatic rings. The summed E-state index contributed by atoms with van der Waals surface area (Å²) >= 11 is 1.75. The van der Waals surface area contributed by atoms with Crippen molar-refractivity contribution in [2.75, 3.05) is 39.2 Å². The molecule has 0 saturated heterocycles. The van der Waals surface area contributed by atoms with Gasteiger partial charge in [-0.2, -0.15) is 28.8 Å². The van der Waals surface area contributed by atoms with E-state index >= 15 is 0 Å². The van der Waals surface area contributed by atoms with Gasteiger partial charge in [0.25, 0.3) is 10.2 Å².